The minimum absolute atomic E-state index is 0.217. The molecule has 0 unspecified atom stereocenters. The number of aryl methyl sites for hydroxylation is 1. The number of nitrogen functional groups attached to an aromatic ring is 1. The van der Waals surface area contributed by atoms with Gasteiger partial charge in [-0.05, 0) is 50.6 Å². The Morgan fingerprint density at radius 2 is 2.06 bits per heavy atom. The molecule has 0 atom stereocenters. The van der Waals surface area contributed by atoms with Crippen molar-refractivity contribution in [3.8, 4) is 6.01 Å². The molecule has 0 saturated heterocycles. The summed E-state index contributed by atoms with van der Waals surface area (Å²) in [7, 11) is 3.29. The summed E-state index contributed by atoms with van der Waals surface area (Å²) in [6.07, 6.45) is 4.12. The number of nitrogens with two attached hydrogens (primary N) is 1. The monoisotopic (exact) mass is 490 g/mol. The van der Waals surface area contributed by atoms with Crippen LogP contribution in [0.3, 0.4) is 0 Å². The molecule has 0 aliphatic carbocycles. The number of methoxy groups -OCH3 is 1. The fourth-order valence-electron chi connectivity index (χ4n) is 3.09. The molecular weight excluding hydrogens is 456 g/mol. The van der Waals surface area contributed by atoms with E-state index in [2.05, 4.69) is 44.6 Å². The van der Waals surface area contributed by atoms with Crippen molar-refractivity contribution in [3.63, 3.8) is 0 Å². The van der Waals surface area contributed by atoms with Gasteiger partial charge in [0.05, 0.1) is 20.1 Å². The zero-order valence-electron chi connectivity index (χ0n) is 20.0. The largest absolute Gasteiger partial charge is 0.469 e. The summed E-state index contributed by atoms with van der Waals surface area (Å²) in [4.78, 5) is 34.9. The van der Waals surface area contributed by atoms with Gasteiger partial charge in [-0.25, -0.2) is 4.79 Å². The number of carbonyl (C=O) groups excluding carboxylic acids is 1. The van der Waals surface area contributed by atoms with Crippen molar-refractivity contribution in [3.05, 3.63) is 40.3 Å². The number of nitrogens with one attached hydrogen (secondary N) is 2. The van der Waals surface area contributed by atoms with Crippen LogP contribution in [0.15, 0.2) is 34.0 Å². The number of aromatic amines is 1. The molecule has 0 fully saturated rings. The molecule has 0 bridgehead atoms. The Bertz CT molecular complexity index is 1110. The first kappa shape index (κ1) is 27.2. The van der Waals surface area contributed by atoms with Crippen molar-refractivity contribution in [2.75, 3.05) is 33.0 Å². The van der Waals surface area contributed by atoms with Gasteiger partial charge in [-0.2, -0.15) is 9.97 Å². The van der Waals surface area contributed by atoms with E-state index < -0.39 is 0 Å². The maximum Gasteiger partial charge on any atom is 0.327 e. The number of nitrogens with zero attached hydrogens (tertiary/aromatic N) is 3. The van der Waals surface area contributed by atoms with E-state index in [0.717, 1.165) is 42.7 Å². The standard InChI is InChI=1S/C14H24N6O2.C9H10O2S/c1-3-4-9-22-13-18-11(15)10-12(19-13)20(14(21)17-10)8-6-5-7-16-2;1-11-9(10)6-7-3-2-4-8(12)5-7/h16H,3-9H2,1-2H3,(H,17,21)(H2,15,18,19);2-5,12H,6H2,1H3. The van der Waals surface area contributed by atoms with Crippen LogP contribution in [0.4, 0.5) is 5.82 Å². The average Bonchev–Trinajstić information content (AvgIpc) is 3.13. The van der Waals surface area contributed by atoms with Gasteiger partial charge in [-0.1, -0.05) is 25.5 Å². The van der Waals surface area contributed by atoms with Crippen molar-refractivity contribution >= 4 is 35.6 Å². The van der Waals surface area contributed by atoms with Crippen LogP contribution < -0.4 is 21.5 Å². The molecule has 0 aliphatic rings. The highest BCUT2D eigenvalue weighted by molar-refractivity contribution is 7.80. The Kier molecular flexibility index (Phi) is 11.4. The van der Waals surface area contributed by atoms with Crippen LogP contribution in [0.5, 0.6) is 6.01 Å². The Balaban J connectivity index is 0.000000287. The number of hydrogen-bond acceptors (Lipinski definition) is 9. The van der Waals surface area contributed by atoms with Crippen molar-refractivity contribution in [2.45, 2.75) is 50.5 Å². The molecule has 10 nitrogen and oxygen atoms in total. The number of carbonyl (C=O) groups is 1. The summed E-state index contributed by atoms with van der Waals surface area (Å²) in [6.45, 7) is 4.12. The highest BCUT2D eigenvalue weighted by Crippen LogP contribution is 2.18. The summed E-state index contributed by atoms with van der Waals surface area (Å²) < 4.78 is 11.6. The SMILES string of the molecule is CCCCOc1nc(N)c2[nH]c(=O)n(CCCCNC)c2n1.COC(=O)Cc1cccc(S)c1. The van der Waals surface area contributed by atoms with Gasteiger partial charge < -0.3 is 25.5 Å². The molecule has 3 aromatic rings. The van der Waals surface area contributed by atoms with Crippen molar-refractivity contribution in [1.29, 1.82) is 0 Å². The second-order valence-corrected chi connectivity index (χ2v) is 8.12. The normalized spacial score (nSPS) is 10.6. The van der Waals surface area contributed by atoms with Gasteiger partial charge in [0.2, 0.25) is 0 Å². The number of anilines is 1. The molecule has 0 aliphatic heterocycles. The van der Waals surface area contributed by atoms with Crippen molar-refractivity contribution in [1.82, 2.24) is 24.8 Å². The van der Waals surface area contributed by atoms with E-state index in [4.69, 9.17) is 10.5 Å². The third-order valence-corrected chi connectivity index (χ3v) is 5.18. The van der Waals surface area contributed by atoms with E-state index in [1.807, 2.05) is 31.3 Å². The van der Waals surface area contributed by atoms with Crippen LogP contribution in [0.2, 0.25) is 0 Å². The smallest absolute Gasteiger partial charge is 0.327 e. The molecule has 2 aromatic heterocycles. The summed E-state index contributed by atoms with van der Waals surface area (Å²) >= 11 is 4.15. The zero-order chi connectivity index (χ0) is 24.9. The van der Waals surface area contributed by atoms with Crippen LogP contribution in [0.1, 0.15) is 38.2 Å². The Morgan fingerprint density at radius 3 is 2.74 bits per heavy atom. The van der Waals surface area contributed by atoms with E-state index in [0.29, 0.717) is 30.7 Å². The van der Waals surface area contributed by atoms with Crippen LogP contribution in [0.25, 0.3) is 11.2 Å². The van der Waals surface area contributed by atoms with E-state index in [1.54, 1.807) is 4.57 Å². The van der Waals surface area contributed by atoms with Crippen LogP contribution in [-0.2, 0) is 22.5 Å². The van der Waals surface area contributed by atoms with Crippen LogP contribution in [-0.4, -0.2) is 52.8 Å². The number of rotatable bonds is 11. The lowest BCUT2D eigenvalue weighted by Gasteiger charge is -2.06. The lowest BCUT2D eigenvalue weighted by Crippen LogP contribution is -2.18. The maximum absolute atomic E-state index is 12.1. The van der Waals surface area contributed by atoms with Gasteiger partial charge in [0.25, 0.3) is 0 Å². The number of esters is 1. The first-order valence-corrected chi connectivity index (χ1v) is 11.7. The number of fused-ring (bicyclic) bond motifs is 1. The highest BCUT2D eigenvalue weighted by atomic mass is 32.1. The quantitative estimate of drug-likeness (QED) is 0.183. The first-order chi connectivity index (χ1) is 16.4. The lowest BCUT2D eigenvalue weighted by atomic mass is 10.1. The van der Waals surface area contributed by atoms with Gasteiger partial charge in [0, 0.05) is 11.4 Å². The van der Waals surface area contributed by atoms with Gasteiger partial charge in [0.1, 0.15) is 5.52 Å². The molecule has 186 valence electrons. The summed E-state index contributed by atoms with van der Waals surface area (Å²) in [5, 5.41) is 3.09. The maximum atomic E-state index is 12.1. The number of ether oxygens (including phenoxy) is 2. The Morgan fingerprint density at radius 1 is 1.26 bits per heavy atom. The third kappa shape index (κ3) is 8.38. The molecular formula is C23H34N6O4S. The minimum atomic E-state index is -0.228. The third-order valence-electron chi connectivity index (χ3n) is 4.90. The topological polar surface area (TPSA) is 137 Å². The minimum Gasteiger partial charge on any atom is -0.469 e. The number of imidazole rings is 1. The predicted molar refractivity (Wildman–Crippen MR) is 136 cm³/mol. The highest BCUT2D eigenvalue weighted by Gasteiger charge is 2.14. The average molecular weight is 491 g/mol. The fraction of sp³-hybridized carbons (Fsp3) is 0.478. The second kappa shape index (κ2) is 14.3. The van der Waals surface area contributed by atoms with Crippen molar-refractivity contribution in [2.24, 2.45) is 0 Å². The van der Waals surface area contributed by atoms with E-state index in [9.17, 15) is 9.59 Å². The number of hydrogen-bond donors (Lipinski definition) is 4. The summed E-state index contributed by atoms with van der Waals surface area (Å²) in [6, 6.07) is 7.67. The van der Waals surface area contributed by atoms with Crippen LogP contribution >= 0.6 is 12.6 Å². The van der Waals surface area contributed by atoms with Gasteiger partial charge >= 0.3 is 17.7 Å². The number of benzene rings is 1. The Labute approximate surface area is 204 Å². The first-order valence-electron chi connectivity index (χ1n) is 11.3. The molecule has 3 rings (SSSR count). The molecule has 0 radical (unpaired) electrons. The second-order valence-electron chi connectivity index (χ2n) is 7.61. The van der Waals surface area contributed by atoms with Gasteiger partial charge in [0.15, 0.2) is 11.5 Å². The van der Waals surface area contributed by atoms with Gasteiger partial charge in [-0.15, -0.1) is 12.6 Å². The zero-order valence-corrected chi connectivity index (χ0v) is 20.9. The fourth-order valence-corrected chi connectivity index (χ4v) is 3.34. The molecule has 1 aromatic carbocycles. The summed E-state index contributed by atoms with van der Waals surface area (Å²) in [5.41, 5.74) is 7.59. The lowest BCUT2D eigenvalue weighted by molar-refractivity contribution is -0.139. The molecule has 0 saturated carbocycles. The van der Waals surface area contributed by atoms with Crippen LogP contribution in [0, 0.1) is 0 Å². The molecule has 0 amide bonds. The summed E-state index contributed by atoms with van der Waals surface area (Å²) in [5.74, 6) is 0.0107. The van der Waals surface area contributed by atoms with Crippen molar-refractivity contribution < 1.29 is 14.3 Å². The van der Waals surface area contributed by atoms with E-state index >= 15 is 0 Å². The number of aromatic nitrogens is 4. The molecule has 11 heteroatoms. The van der Waals surface area contributed by atoms with Gasteiger partial charge in [-0.3, -0.25) is 9.36 Å². The number of H-pyrrole nitrogens is 1. The Hall–Kier alpha value is -3.05. The predicted octanol–water partition coefficient (Wildman–Crippen LogP) is 2.57. The van der Waals surface area contributed by atoms with E-state index in [-0.39, 0.29) is 23.5 Å². The molecule has 0 spiro atoms. The number of unbranched alkanes of at least 4 members (excludes halogenated alkanes) is 2. The van der Waals surface area contributed by atoms with E-state index in [1.165, 1.54) is 7.11 Å². The molecule has 2 heterocycles. The molecule has 34 heavy (non-hydrogen) atoms. The number of thiol groups is 1. The molecule has 4 N–H and O–H groups in total.